The monoisotopic (exact) mass is 368 g/mol. The van der Waals surface area contributed by atoms with E-state index in [0.29, 0.717) is 22.7 Å². The summed E-state index contributed by atoms with van der Waals surface area (Å²) in [4.78, 5) is 37.5. The van der Waals surface area contributed by atoms with Gasteiger partial charge >= 0.3 is 0 Å². The normalized spacial score (nSPS) is 10.4. The van der Waals surface area contributed by atoms with Crippen LogP contribution in [0, 0.1) is 0 Å². The van der Waals surface area contributed by atoms with Crippen LogP contribution in [0.2, 0.25) is 0 Å². The SMILES string of the molecule is CC(=O)c1cccc(N(CC(=O)Nc2ccccc2OC(C)C)C(C)=O)c1. The number of nitrogens with zero attached hydrogens (tertiary/aromatic N) is 1. The van der Waals surface area contributed by atoms with Crippen LogP contribution < -0.4 is 15.0 Å². The number of hydrogen-bond acceptors (Lipinski definition) is 4. The number of ketones is 1. The number of hydrogen-bond donors (Lipinski definition) is 1. The molecule has 142 valence electrons. The van der Waals surface area contributed by atoms with Crippen molar-refractivity contribution in [2.75, 3.05) is 16.8 Å². The number of para-hydroxylation sites is 2. The first-order valence-corrected chi connectivity index (χ1v) is 8.72. The van der Waals surface area contributed by atoms with Crippen LogP contribution in [0.1, 0.15) is 38.1 Å². The van der Waals surface area contributed by atoms with Gasteiger partial charge in [-0.1, -0.05) is 24.3 Å². The molecule has 0 aromatic heterocycles. The molecule has 0 spiro atoms. The van der Waals surface area contributed by atoms with Gasteiger partial charge in [0.05, 0.1) is 11.8 Å². The Hall–Kier alpha value is -3.15. The summed E-state index contributed by atoms with van der Waals surface area (Å²) in [5, 5.41) is 2.78. The van der Waals surface area contributed by atoms with Gasteiger partial charge in [-0.3, -0.25) is 14.4 Å². The number of rotatable bonds is 7. The van der Waals surface area contributed by atoms with Crippen molar-refractivity contribution in [1.29, 1.82) is 0 Å². The van der Waals surface area contributed by atoms with E-state index in [9.17, 15) is 14.4 Å². The lowest BCUT2D eigenvalue weighted by atomic mass is 10.1. The van der Waals surface area contributed by atoms with Gasteiger partial charge in [-0.2, -0.15) is 0 Å². The molecule has 0 unspecified atom stereocenters. The first-order chi connectivity index (χ1) is 12.8. The Kier molecular flexibility index (Phi) is 6.71. The average Bonchev–Trinajstić information content (AvgIpc) is 2.60. The Morgan fingerprint density at radius 2 is 1.74 bits per heavy atom. The largest absolute Gasteiger partial charge is 0.489 e. The molecule has 0 aliphatic carbocycles. The standard InChI is InChI=1S/C21H24N2O4/c1-14(2)27-20-11-6-5-10-19(20)22-21(26)13-23(16(4)25)18-9-7-8-17(12-18)15(3)24/h5-12,14H,13H2,1-4H3,(H,22,26). The van der Waals surface area contributed by atoms with Gasteiger partial charge in [-0.25, -0.2) is 0 Å². The maximum atomic E-state index is 12.5. The highest BCUT2D eigenvalue weighted by Gasteiger charge is 2.18. The van der Waals surface area contributed by atoms with E-state index in [1.165, 1.54) is 18.7 Å². The van der Waals surface area contributed by atoms with Crippen molar-refractivity contribution in [2.24, 2.45) is 0 Å². The zero-order chi connectivity index (χ0) is 20.0. The number of carbonyl (C=O) groups excluding carboxylic acids is 3. The van der Waals surface area contributed by atoms with Crippen molar-refractivity contribution in [3.63, 3.8) is 0 Å². The summed E-state index contributed by atoms with van der Waals surface area (Å²) in [5.41, 5.74) is 1.52. The third kappa shape index (κ3) is 5.67. The summed E-state index contributed by atoms with van der Waals surface area (Å²) < 4.78 is 5.69. The van der Waals surface area contributed by atoms with Gasteiger partial charge in [0.2, 0.25) is 11.8 Å². The molecule has 0 saturated carbocycles. The first kappa shape index (κ1) is 20.2. The maximum Gasteiger partial charge on any atom is 0.244 e. The van der Waals surface area contributed by atoms with Crippen LogP contribution in [0.3, 0.4) is 0 Å². The van der Waals surface area contributed by atoms with E-state index in [-0.39, 0.29) is 30.2 Å². The van der Waals surface area contributed by atoms with Crippen LogP contribution in [0.15, 0.2) is 48.5 Å². The van der Waals surface area contributed by atoms with E-state index in [0.717, 1.165) is 0 Å². The van der Waals surface area contributed by atoms with Crippen molar-refractivity contribution in [3.05, 3.63) is 54.1 Å². The second-order valence-corrected chi connectivity index (χ2v) is 6.42. The fourth-order valence-corrected chi connectivity index (χ4v) is 2.54. The van der Waals surface area contributed by atoms with Crippen molar-refractivity contribution in [1.82, 2.24) is 0 Å². The summed E-state index contributed by atoms with van der Waals surface area (Å²) in [6.45, 7) is 6.46. The lowest BCUT2D eigenvalue weighted by Crippen LogP contribution is -2.36. The number of ether oxygens (including phenoxy) is 1. The summed E-state index contributed by atoms with van der Waals surface area (Å²) in [7, 11) is 0. The van der Waals surface area contributed by atoms with E-state index in [4.69, 9.17) is 4.74 Å². The molecule has 0 aliphatic heterocycles. The molecule has 1 N–H and O–H groups in total. The number of anilines is 2. The Bertz CT molecular complexity index is 846. The summed E-state index contributed by atoms with van der Waals surface area (Å²) in [6.07, 6.45) is -0.0360. The van der Waals surface area contributed by atoms with E-state index in [1.807, 2.05) is 19.9 Å². The molecule has 6 heteroatoms. The first-order valence-electron chi connectivity index (χ1n) is 8.72. The van der Waals surface area contributed by atoms with Crippen molar-refractivity contribution in [2.45, 2.75) is 33.8 Å². The Labute approximate surface area is 159 Å². The van der Waals surface area contributed by atoms with E-state index in [1.54, 1.807) is 42.5 Å². The molecule has 0 atom stereocenters. The maximum absolute atomic E-state index is 12.5. The summed E-state index contributed by atoms with van der Waals surface area (Å²) in [6, 6.07) is 13.8. The van der Waals surface area contributed by atoms with Crippen molar-refractivity contribution >= 4 is 29.0 Å². The van der Waals surface area contributed by atoms with Crippen LogP contribution in [-0.4, -0.2) is 30.2 Å². The highest BCUT2D eigenvalue weighted by molar-refractivity contribution is 6.03. The molecule has 0 fully saturated rings. The molecule has 27 heavy (non-hydrogen) atoms. The molecular weight excluding hydrogens is 344 g/mol. The predicted octanol–water partition coefficient (Wildman–Crippen LogP) is 3.67. The van der Waals surface area contributed by atoms with Crippen LogP contribution in [-0.2, 0) is 9.59 Å². The third-order valence-electron chi connectivity index (χ3n) is 3.77. The predicted molar refractivity (Wildman–Crippen MR) is 105 cm³/mol. The van der Waals surface area contributed by atoms with E-state index in [2.05, 4.69) is 5.32 Å². The molecule has 0 heterocycles. The average molecular weight is 368 g/mol. The molecule has 0 radical (unpaired) electrons. The molecule has 0 saturated heterocycles. The number of benzene rings is 2. The van der Waals surface area contributed by atoms with Gasteiger partial charge in [-0.15, -0.1) is 0 Å². The van der Waals surface area contributed by atoms with Gasteiger partial charge in [-0.05, 0) is 45.0 Å². The van der Waals surface area contributed by atoms with Crippen molar-refractivity contribution < 1.29 is 19.1 Å². The highest BCUT2D eigenvalue weighted by Crippen LogP contribution is 2.25. The number of Topliss-reactive ketones (excluding diaryl/α,β-unsaturated/α-hetero) is 1. The minimum atomic E-state index is -0.363. The Morgan fingerprint density at radius 3 is 2.37 bits per heavy atom. The fourth-order valence-electron chi connectivity index (χ4n) is 2.54. The Morgan fingerprint density at radius 1 is 1.04 bits per heavy atom. The lowest BCUT2D eigenvalue weighted by molar-refractivity contribution is -0.120. The number of amides is 2. The summed E-state index contributed by atoms with van der Waals surface area (Å²) >= 11 is 0. The molecule has 2 aromatic carbocycles. The smallest absolute Gasteiger partial charge is 0.244 e. The third-order valence-corrected chi connectivity index (χ3v) is 3.77. The molecule has 2 amide bonds. The van der Waals surface area contributed by atoms with Crippen LogP contribution in [0.4, 0.5) is 11.4 Å². The molecule has 2 aromatic rings. The van der Waals surface area contributed by atoms with Gasteiger partial charge in [0, 0.05) is 18.2 Å². The topological polar surface area (TPSA) is 75.7 Å². The van der Waals surface area contributed by atoms with Gasteiger partial charge < -0.3 is 15.0 Å². The molecule has 0 bridgehead atoms. The second-order valence-electron chi connectivity index (χ2n) is 6.42. The molecule has 6 nitrogen and oxygen atoms in total. The second kappa shape index (κ2) is 8.98. The Balaban J connectivity index is 2.18. The highest BCUT2D eigenvalue weighted by atomic mass is 16.5. The van der Waals surface area contributed by atoms with E-state index >= 15 is 0 Å². The molecule has 0 aliphatic rings. The zero-order valence-electron chi connectivity index (χ0n) is 16.0. The van der Waals surface area contributed by atoms with Crippen molar-refractivity contribution in [3.8, 4) is 5.75 Å². The summed E-state index contributed by atoms with van der Waals surface area (Å²) in [5.74, 6) is -0.200. The number of carbonyl (C=O) groups is 3. The van der Waals surface area contributed by atoms with Crippen LogP contribution in [0.5, 0.6) is 5.75 Å². The quantitative estimate of drug-likeness (QED) is 0.757. The zero-order valence-corrected chi connectivity index (χ0v) is 16.0. The minimum Gasteiger partial charge on any atom is -0.489 e. The fraction of sp³-hybridized carbons (Fsp3) is 0.286. The number of nitrogens with one attached hydrogen (secondary N) is 1. The lowest BCUT2D eigenvalue weighted by Gasteiger charge is -2.22. The minimum absolute atomic E-state index is 0.0360. The van der Waals surface area contributed by atoms with Gasteiger partial charge in [0.25, 0.3) is 0 Å². The van der Waals surface area contributed by atoms with E-state index < -0.39 is 0 Å². The van der Waals surface area contributed by atoms with Gasteiger partial charge in [0.15, 0.2) is 5.78 Å². The van der Waals surface area contributed by atoms with Crippen LogP contribution in [0.25, 0.3) is 0 Å². The molecular formula is C21H24N2O4. The molecule has 2 rings (SSSR count). The van der Waals surface area contributed by atoms with Gasteiger partial charge in [0.1, 0.15) is 12.3 Å². The van der Waals surface area contributed by atoms with Crippen LogP contribution >= 0.6 is 0 Å².